The number of amides is 2. The molecule has 25 heteroatoms. The number of rotatable bonds is 14. The summed E-state index contributed by atoms with van der Waals surface area (Å²) in [6.45, 7) is 5.69. The van der Waals surface area contributed by atoms with Gasteiger partial charge in [0.15, 0.2) is 28.0 Å². The molecule has 4 aliphatic rings. The van der Waals surface area contributed by atoms with E-state index in [0.29, 0.717) is 70.5 Å². The molecule has 4 aromatic heterocycles. The van der Waals surface area contributed by atoms with E-state index in [1.807, 2.05) is 53.3 Å². The molecule has 4 atom stereocenters. The minimum absolute atomic E-state index is 0.0161. The number of anilines is 2. The number of carboxylic acids is 1. The largest absolute Gasteiger partial charge is 0.477 e. The van der Waals surface area contributed by atoms with Crippen LogP contribution in [0.3, 0.4) is 0 Å². The lowest BCUT2D eigenvalue weighted by molar-refractivity contribution is -0.671. The van der Waals surface area contributed by atoms with E-state index in [1.165, 1.54) is 52.9 Å². The Kier molecular flexibility index (Phi) is 13.5. The highest BCUT2D eigenvalue weighted by atomic mass is 32.2. The van der Waals surface area contributed by atoms with Crippen molar-refractivity contribution >= 4 is 104 Å². The quantitative estimate of drug-likeness (QED) is 0.0467. The van der Waals surface area contributed by atoms with Crippen LogP contribution < -0.4 is 25.9 Å². The second-order valence-electron chi connectivity index (χ2n) is 16.5. The molecule has 1 aromatic carbocycles. The average molecular weight is 1020 g/mol. The molecule has 360 valence electrons. The van der Waals surface area contributed by atoms with Crippen molar-refractivity contribution in [2.45, 2.75) is 80.5 Å². The van der Waals surface area contributed by atoms with Gasteiger partial charge >= 0.3 is 17.9 Å². The third-order valence-corrected chi connectivity index (χ3v) is 16.1. The molecule has 69 heavy (non-hydrogen) atoms. The van der Waals surface area contributed by atoms with Crippen LogP contribution in [0.5, 0.6) is 0 Å². The summed E-state index contributed by atoms with van der Waals surface area (Å²) >= 11 is 4.71. The van der Waals surface area contributed by atoms with Crippen LogP contribution in [0, 0.1) is 5.82 Å². The number of fused-ring (bicyclic) bond motifs is 1. The number of nitrogens with one attached hydrogen (secondary N) is 1. The summed E-state index contributed by atoms with van der Waals surface area (Å²) < 4.78 is 35.9. The summed E-state index contributed by atoms with van der Waals surface area (Å²) in [5.74, 6) is -5.09. The molecule has 0 bridgehead atoms. The maximum Gasteiger partial charge on any atom is 0.356 e. The Hall–Kier alpha value is -6.44. The zero-order valence-electron chi connectivity index (χ0n) is 37.4. The second kappa shape index (κ2) is 19.5. The number of thiazole rings is 1. The molecule has 2 unspecified atom stereocenters. The van der Waals surface area contributed by atoms with Crippen molar-refractivity contribution < 1.29 is 52.3 Å². The van der Waals surface area contributed by atoms with Crippen molar-refractivity contribution in [1.82, 2.24) is 29.1 Å². The van der Waals surface area contributed by atoms with E-state index in [2.05, 4.69) is 19.8 Å². The maximum absolute atomic E-state index is 16.0. The number of piperidine rings is 1. The topological polar surface area (TPSA) is 255 Å². The third-order valence-electron chi connectivity index (χ3n) is 12.0. The Balaban J connectivity index is 0.901. The number of aromatic nitrogens is 5. The van der Waals surface area contributed by atoms with E-state index >= 15 is 4.39 Å². The maximum atomic E-state index is 16.0. The lowest BCUT2D eigenvalue weighted by atomic mass is 9.93. The Bertz CT molecular complexity index is 3040. The van der Waals surface area contributed by atoms with E-state index in [-0.39, 0.29) is 46.2 Å². The Labute approximate surface area is 408 Å². The number of hydrogen-bond donors (Lipinski definition) is 3. The minimum Gasteiger partial charge on any atom is -0.477 e. The molecule has 8 heterocycles. The molecule has 20 nitrogen and oxygen atoms in total. The number of nitrogens with zero attached hydrogens (tertiary/aromatic N) is 8. The molecular weight excluding hydrogens is 976 g/mol. The highest BCUT2D eigenvalue weighted by Gasteiger charge is 2.55. The molecular formula is C44H44FN10O10S4+. The minimum atomic E-state index is -1.41. The molecule has 0 spiro atoms. The van der Waals surface area contributed by atoms with Crippen LogP contribution in [-0.4, -0.2) is 113 Å². The van der Waals surface area contributed by atoms with Crippen LogP contribution in [0.2, 0.25) is 0 Å². The number of carbonyl (C=O) groups is 5. The average Bonchev–Trinajstić information content (AvgIpc) is 3.99. The standard InChI is InChI=1S/C44H43FN10O10S4/c1-5-63-50-30(36-49-43(46)69-51-36)37(57)48-31-38(58)55-34(29(19-66-39(31)55)68-44-47-28(18-67-44)22-8-12-52(4)13-9-22)42(62)64-21(3)41(61)65-23-10-14-53(15-11-23)33-24-7-6-20(2)54-17-26(40(59)60)35(56)25(32(24)54)16-27(33)45/h8-9,12-13,16-18,20-21,23,31,39H,5-7,10-11,14-15,19H2,1-4H3,(H3-,46,48,49,51,57,59,60)/p+1/t20?,21?,31-,39-/m1/s1. The van der Waals surface area contributed by atoms with Gasteiger partial charge in [-0.3, -0.25) is 19.3 Å². The molecule has 2 fully saturated rings. The van der Waals surface area contributed by atoms with Crippen molar-refractivity contribution in [3.8, 4) is 11.3 Å². The number of aryl methyl sites for hydroxylation is 2. The number of esters is 2. The van der Waals surface area contributed by atoms with Gasteiger partial charge in [0.2, 0.25) is 17.0 Å². The van der Waals surface area contributed by atoms with Crippen LogP contribution in [0.1, 0.15) is 67.8 Å². The molecule has 4 aliphatic heterocycles. The van der Waals surface area contributed by atoms with Gasteiger partial charge in [-0.25, -0.2) is 28.3 Å². The van der Waals surface area contributed by atoms with Crippen LogP contribution in [0.4, 0.5) is 15.2 Å². The molecule has 2 saturated heterocycles. The number of ether oxygens (including phenoxy) is 2. The van der Waals surface area contributed by atoms with E-state index in [9.17, 15) is 33.9 Å². The van der Waals surface area contributed by atoms with Crippen LogP contribution in [0.25, 0.3) is 22.2 Å². The van der Waals surface area contributed by atoms with E-state index in [1.54, 1.807) is 11.5 Å². The lowest BCUT2D eigenvalue weighted by Crippen LogP contribution is -2.71. The Morgan fingerprint density at radius 2 is 1.90 bits per heavy atom. The Morgan fingerprint density at radius 3 is 2.59 bits per heavy atom. The highest BCUT2D eigenvalue weighted by molar-refractivity contribution is 8.07. The van der Waals surface area contributed by atoms with Gasteiger partial charge in [-0.1, -0.05) is 16.9 Å². The fourth-order valence-electron chi connectivity index (χ4n) is 8.58. The first-order chi connectivity index (χ1) is 33.1. The van der Waals surface area contributed by atoms with Crippen molar-refractivity contribution in [3.63, 3.8) is 0 Å². The normalized spacial score (nSPS) is 19.8. The fraction of sp³-hybridized carbons (Fsp3) is 0.386. The first kappa shape index (κ1) is 47.6. The van der Waals surface area contributed by atoms with Gasteiger partial charge in [-0.15, -0.1) is 23.1 Å². The second-order valence-corrected chi connectivity index (χ2v) is 20.6. The number of nitrogen functional groups attached to an aromatic ring is 1. The highest BCUT2D eigenvalue weighted by Crippen LogP contribution is 2.47. The third kappa shape index (κ3) is 9.26. The molecule has 2 amide bonds. The summed E-state index contributed by atoms with van der Waals surface area (Å²) in [5, 5.41) is 17.5. The lowest BCUT2D eigenvalue weighted by Gasteiger charge is -2.49. The van der Waals surface area contributed by atoms with Crippen LogP contribution >= 0.6 is 46.4 Å². The zero-order chi connectivity index (χ0) is 48.8. The number of β-lactam (4-membered cyclic amide) rings is 1. The van der Waals surface area contributed by atoms with E-state index in [0.717, 1.165) is 23.2 Å². The number of carbonyl (C=O) groups excluding carboxylic acids is 4. The van der Waals surface area contributed by atoms with Crippen molar-refractivity contribution in [2.24, 2.45) is 12.2 Å². The van der Waals surface area contributed by atoms with Gasteiger partial charge in [0.25, 0.3) is 11.8 Å². The van der Waals surface area contributed by atoms with Crippen LogP contribution in [-0.2, 0) is 47.0 Å². The number of benzene rings is 1. The number of nitrogens with two attached hydrogens (primary N) is 1. The van der Waals surface area contributed by atoms with Crippen LogP contribution in [0.15, 0.2) is 67.1 Å². The number of aromatic carboxylic acids is 1. The van der Waals surface area contributed by atoms with Gasteiger partial charge in [0.1, 0.15) is 48.3 Å². The molecule has 0 saturated carbocycles. The molecule has 4 N–H and O–H groups in total. The molecule has 0 aliphatic carbocycles. The SMILES string of the molecule is CCON=C(C(=O)N[C@@H]1C(=O)N2C(C(=O)OC(C)C(=O)OC3CCN(c4c(F)cc5c(=O)c(C(=O)O)cn6c5c4CCC6C)CC3)=C(Sc3nc(-c4cc[n+](C)cc4)cs3)CS[C@H]12)c1nsc(N)n1. The first-order valence-electron chi connectivity index (χ1n) is 21.8. The van der Waals surface area contributed by atoms with Gasteiger partial charge in [0.05, 0.1) is 16.9 Å². The van der Waals surface area contributed by atoms with E-state index in [4.69, 9.17) is 25.0 Å². The monoisotopic (exact) mass is 1020 g/mol. The fourth-order valence-corrected chi connectivity index (χ4v) is 12.5. The summed E-state index contributed by atoms with van der Waals surface area (Å²) in [6.07, 6.45) is 4.82. The zero-order valence-corrected chi connectivity index (χ0v) is 40.6. The number of oxime groups is 1. The predicted octanol–water partition coefficient (Wildman–Crippen LogP) is 4.02. The number of hydrogen-bond acceptors (Lipinski definition) is 19. The summed E-state index contributed by atoms with van der Waals surface area (Å²) in [7, 11) is 1.91. The molecule has 0 radical (unpaired) electrons. The molecule has 5 aromatic rings. The van der Waals surface area contributed by atoms with Crippen molar-refractivity contribution in [2.75, 3.05) is 36.1 Å². The van der Waals surface area contributed by atoms with Crippen molar-refractivity contribution in [3.05, 3.63) is 85.8 Å². The van der Waals surface area contributed by atoms with Gasteiger partial charge in [-0.2, -0.15) is 9.36 Å². The number of pyridine rings is 2. The number of halogens is 1. The van der Waals surface area contributed by atoms with Crippen molar-refractivity contribution in [1.29, 1.82) is 0 Å². The first-order valence-corrected chi connectivity index (χ1v) is 25.3. The predicted molar refractivity (Wildman–Crippen MR) is 254 cm³/mol. The number of carboxylic acid groups (broad SMARTS) is 1. The molecule has 9 rings (SSSR count). The number of thioether (sulfide) groups is 2. The van der Waals surface area contributed by atoms with E-state index < -0.39 is 70.2 Å². The Morgan fingerprint density at radius 1 is 1.14 bits per heavy atom. The smallest absolute Gasteiger partial charge is 0.356 e. The summed E-state index contributed by atoms with van der Waals surface area (Å²) in [5.41, 5.74) is 7.26. The summed E-state index contributed by atoms with van der Waals surface area (Å²) in [6, 6.07) is 3.75. The van der Waals surface area contributed by atoms with Gasteiger partial charge < -0.3 is 39.9 Å². The van der Waals surface area contributed by atoms with Gasteiger partial charge in [-0.05, 0) is 39.7 Å². The summed E-state index contributed by atoms with van der Waals surface area (Å²) in [4.78, 5) is 97.9. The van der Waals surface area contributed by atoms with Gasteiger partial charge in [0, 0.05) is 94.4 Å².